The van der Waals surface area contributed by atoms with Gasteiger partial charge in [-0.25, -0.2) is 8.42 Å². The smallest absolute Gasteiger partial charge is 0.220 e. The quantitative estimate of drug-likeness (QED) is 0.764. The van der Waals surface area contributed by atoms with Crippen LogP contribution in [0.4, 0.5) is 0 Å². The molecule has 2 fully saturated rings. The minimum absolute atomic E-state index is 0.0163. The Morgan fingerprint density at radius 2 is 2.00 bits per heavy atom. The minimum Gasteiger partial charge on any atom is -0.351 e. The van der Waals surface area contributed by atoms with Crippen molar-refractivity contribution in [2.24, 2.45) is 5.92 Å². The highest BCUT2D eigenvalue weighted by Gasteiger charge is 2.37. The second-order valence-electron chi connectivity index (χ2n) is 4.77. The molecule has 2 rings (SSSR count). The van der Waals surface area contributed by atoms with E-state index in [1.807, 2.05) is 0 Å². The van der Waals surface area contributed by atoms with Crippen LogP contribution >= 0.6 is 11.6 Å². The number of carbonyl (C=O) groups excluding carboxylic acids is 1. The van der Waals surface area contributed by atoms with Crippen molar-refractivity contribution in [1.29, 1.82) is 0 Å². The number of nitrogens with one attached hydrogen (secondary N) is 1. The normalized spacial score (nSPS) is 33.3. The zero-order chi connectivity index (χ0) is 11.8. The third-order valence-electron chi connectivity index (χ3n) is 3.33. The maximum Gasteiger partial charge on any atom is 0.220 e. The van der Waals surface area contributed by atoms with Gasteiger partial charge in [-0.2, -0.15) is 0 Å². The average molecular weight is 266 g/mol. The number of halogens is 1. The highest BCUT2D eigenvalue weighted by molar-refractivity contribution is 7.91. The summed E-state index contributed by atoms with van der Waals surface area (Å²) in [6.45, 7) is 0. The number of alkyl halides is 1. The summed E-state index contributed by atoms with van der Waals surface area (Å²) in [5.41, 5.74) is 0. The van der Waals surface area contributed by atoms with Crippen LogP contribution in [0, 0.1) is 5.92 Å². The number of amides is 1. The molecular weight excluding hydrogens is 250 g/mol. The monoisotopic (exact) mass is 265 g/mol. The topological polar surface area (TPSA) is 63.2 Å². The van der Waals surface area contributed by atoms with Crippen LogP contribution in [0.1, 0.15) is 25.7 Å². The van der Waals surface area contributed by atoms with Crippen molar-refractivity contribution >= 4 is 27.3 Å². The van der Waals surface area contributed by atoms with Gasteiger partial charge < -0.3 is 5.32 Å². The van der Waals surface area contributed by atoms with Gasteiger partial charge in [0, 0.05) is 6.42 Å². The van der Waals surface area contributed by atoms with Crippen molar-refractivity contribution < 1.29 is 13.2 Å². The van der Waals surface area contributed by atoms with Crippen LogP contribution in [0.25, 0.3) is 0 Å². The summed E-state index contributed by atoms with van der Waals surface area (Å²) in [6, 6.07) is -0.403. The number of rotatable bonds is 3. The van der Waals surface area contributed by atoms with Gasteiger partial charge in [0.25, 0.3) is 0 Å². The lowest BCUT2D eigenvalue weighted by Crippen LogP contribution is -2.41. The maximum atomic E-state index is 11.6. The third-order valence-corrected chi connectivity index (χ3v) is 5.70. The summed E-state index contributed by atoms with van der Waals surface area (Å²) in [5, 5.41) is 2.26. The molecule has 0 radical (unpaired) electrons. The van der Waals surface area contributed by atoms with Crippen molar-refractivity contribution in [1.82, 2.24) is 5.32 Å². The Balaban J connectivity index is 1.82. The Bertz CT molecular complexity index is 378. The van der Waals surface area contributed by atoms with Crippen molar-refractivity contribution in [2.45, 2.75) is 37.1 Å². The van der Waals surface area contributed by atoms with Gasteiger partial charge in [0.05, 0.1) is 22.9 Å². The SMILES string of the molecule is O=C(CC1CCC1)NC1CS(=O)(=O)CC1Cl. The number of sulfone groups is 1. The van der Waals surface area contributed by atoms with E-state index in [-0.39, 0.29) is 17.4 Å². The van der Waals surface area contributed by atoms with E-state index in [9.17, 15) is 13.2 Å². The van der Waals surface area contributed by atoms with E-state index in [1.54, 1.807) is 0 Å². The summed E-state index contributed by atoms with van der Waals surface area (Å²) in [6.07, 6.45) is 3.94. The molecule has 2 atom stereocenters. The molecule has 1 amide bonds. The van der Waals surface area contributed by atoms with Crippen LogP contribution < -0.4 is 5.32 Å². The molecule has 2 aliphatic rings. The zero-order valence-electron chi connectivity index (χ0n) is 8.99. The predicted octanol–water partition coefficient (Wildman–Crippen LogP) is 0.697. The number of carbonyl (C=O) groups is 1. The molecule has 0 aromatic carbocycles. The van der Waals surface area contributed by atoms with E-state index in [4.69, 9.17) is 11.6 Å². The lowest BCUT2D eigenvalue weighted by Gasteiger charge is -2.25. The van der Waals surface area contributed by atoms with Crippen LogP contribution in [-0.4, -0.2) is 37.2 Å². The molecule has 0 spiro atoms. The maximum absolute atomic E-state index is 11.6. The van der Waals surface area contributed by atoms with Crippen LogP contribution in [0.2, 0.25) is 0 Å². The molecule has 92 valence electrons. The first-order chi connectivity index (χ1) is 7.46. The van der Waals surface area contributed by atoms with Gasteiger partial charge in [0.2, 0.25) is 5.91 Å². The highest BCUT2D eigenvalue weighted by atomic mass is 35.5. The van der Waals surface area contributed by atoms with E-state index >= 15 is 0 Å². The zero-order valence-corrected chi connectivity index (χ0v) is 10.6. The number of hydrogen-bond donors (Lipinski definition) is 1. The number of hydrogen-bond acceptors (Lipinski definition) is 3. The Morgan fingerprint density at radius 1 is 1.31 bits per heavy atom. The fourth-order valence-corrected chi connectivity index (χ4v) is 4.71. The Labute approximate surface area is 101 Å². The molecule has 0 aromatic heterocycles. The lowest BCUT2D eigenvalue weighted by molar-refractivity contribution is -0.123. The minimum atomic E-state index is -3.06. The fourth-order valence-electron chi connectivity index (χ4n) is 2.16. The lowest BCUT2D eigenvalue weighted by atomic mass is 9.83. The van der Waals surface area contributed by atoms with E-state index < -0.39 is 21.3 Å². The first-order valence-electron chi connectivity index (χ1n) is 5.60. The first-order valence-corrected chi connectivity index (χ1v) is 7.86. The van der Waals surface area contributed by atoms with Crippen molar-refractivity contribution in [2.75, 3.05) is 11.5 Å². The molecular formula is C10H16ClNO3S. The fraction of sp³-hybridized carbons (Fsp3) is 0.900. The molecule has 2 unspecified atom stereocenters. The van der Waals surface area contributed by atoms with Gasteiger partial charge in [-0.05, 0) is 18.8 Å². The molecule has 1 aliphatic carbocycles. The van der Waals surface area contributed by atoms with Crippen molar-refractivity contribution in [3.63, 3.8) is 0 Å². The van der Waals surface area contributed by atoms with Crippen molar-refractivity contribution in [3.05, 3.63) is 0 Å². The van der Waals surface area contributed by atoms with Crippen LogP contribution in [0.3, 0.4) is 0 Å². The molecule has 0 bridgehead atoms. The summed E-state index contributed by atoms with van der Waals surface area (Å²) in [5.74, 6) is 0.393. The molecule has 1 N–H and O–H groups in total. The van der Waals surface area contributed by atoms with E-state index in [2.05, 4.69) is 5.32 Å². The van der Waals surface area contributed by atoms with Gasteiger partial charge in [-0.1, -0.05) is 6.42 Å². The summed E-state index contributed by atoms with van der Waals surface area (Å²) in [7, 11) is -3.06. The van der Waals surface area contributed by atoms with Gasteiger partial charge in [-0.15, -0.1) is 11.6 Å². The van der Waals surface area contributed by atoms with E-state index in [0.717, 1.165) is 12.8 Å². The second kappa shape index (κ2) is 4.53. The van der Waals surface area contributed by atoms with E-state index in [0.29, 0.717) is 12.3 Å². The Hall–Kier alpha value is -0.290. The molecule has 1 heterocycles. The molecule has 0 aromatic rings. The molecule has 4 nitrogen and oxygen atoms in total. The summed E-state index contributed by atoms with van der Waals surface area (Å²) in [4.78, 5) is 11.6. The van der Waals surface area contributed by atoms with E-state index in [1.165, 1.54) is 6.42 Å². The highest BCUT2D eigenvalue weighted by Crippen LogP contribution is 2.29. The van der Waals surface area contributed by atoms with Gasteiger partial charge in [0.15, 0.2) is 9.84 Å². The summed E-state index contributed by atoms with van der Waals surface area (Å²) >= 11 is 5.90. The predicted molar refractivity (Wildman–Crippen MR) is 62.2 cm³/mol. The Morgan fingerprint density at radius 3 is 2.44 bits per heavy atom. The molecule has 16 heavy (non-hydrogen) atoms. The Kier molecular flexibility index (Phi) is 3.45. The molecule has 6 heteroatoms. The first kappa shape index (κ1) is 12.2. The van der Waals surface area contributed by atoms with Gasteiger partial charge >= 0.3 is 0 Å². The van der Waals surface area contributed by atoms with Gasteiger partial charge in [-0.3, -0.25) is 4.79 Å². The van der Waals surface area contributed by atoms with Gasteiger partial charge in [0.1, 0.15) is 0 Å². The average Bonchev–Trinajstić information content (AvgIpc) is 2.33. The van der Waals surface area contributed by atoms with Crippen LogP contribution in [-0.2, 0) is 14.6 Å². The molecule has 1 aliphatic heterocycles. The standard InChI is InChI=1S/C10H16ClNO3S/c11-8-5-16(14,15)6-9(8)12-10(13)4-7-2-1-3-7/h7-9H,1-6H2,(H,12,13). The van der Waals surface area contributed by atoms with Crippen molar-refractivity contribution in [3.8, 4) is 0 Å². The second-order valence-corrected chi connectivity index (χ2v) is 7.48. The third kappa shape index (κ3) is 2.88. The summed E-state index contributed by atoms with van der Waals surface area (Å²) < 4.78 is 22.6. The van der Waals surface area contributed by atoms with Crippen LogP contribution in [0.5, 0.6) is 0 Å². The largest absolute Gasteiger partial charge is 0.351 e. The molecule has 1 saturated carbocycles. The molecule has 1 saturated heterocycles. The van der Waals surface area contributed by atoms with Crippen LogP contribution in [0.15, 0.2) is 0 Å².